The van der Waals surface area contributed by atoms with Gasteiger partial charge in [-0.3, -0.25) is 4.57 Å². The molecule has 4 rings (SSSR count). The first-order valence-electron chi connectivity index (χ1n) is 6.95. The van der Waals surface area contributed by atoms with E-state index in [-0.39, 0.29) is 6.04 Å². The number of benzene rings is 1. The van der Waals surface area contributed by atoms with Gasteiger partial charge in [0.15, 0.2) is 17.3 Å². The van der Waals surface area contributed by atoms with E-state index < -0.39 is 0 Å². The molecule has 1 atom stereocenters. The average Bonchev–Trinajstić information content (AvgIpc) is 3.17. The van der Waals surface area contributed by atoms with Crippen molar-refractivity contribution in [2.75, 3.05) is 19.8 Å². The van der Waals surface area contributed by atoms with E-state index >= 15 is 0 Å². The first kappa shape index (κ1) is 11.7. The summed E-state index contributed by atoms with van der Waals surface area (Å²) < 4.78 is 13.2. The molecule has 0 aliphatic carbocycles. The molecule has 104 valence electrons. The van der Waals surface area contributed by atoms with E-state index in [1.807, 2.05) is 22.8 Å². The molecule has 6 heteroatoms. The summed E-state index contributed by atoms with van der Waals surface area (Å²) in [7, 11) is 0. The molecule has 1 unspecified atom stereocenters. The summed E-state index contributed by atoms with van der Waals surface area (Å²) in [4.78, 5) is 0. The van der Waals surface area contributed by atoms with Gasteiger partial charge in [-0.25, -0.2) is 0 Å². The summed E-state index contributed by atoms with van der Waals surface area (Å²) in [5, 5.41) is 11.8. The topological polar surface area (TPSA) is 61.2 Å². The number of hydrogen-bond donors (Lipinski definition) is 1. The van der Waals surface area contributed by atoms with Crippen LogP contribution in [0.1, 0.15) is 24.7 Å². The third-order valence-corrected chi connectivity index (χ3v) is 3.75. The zero-order chi connectivity index (χ0) is 13.4. The van der Waals surface area contributed by atoms with Gasteiger partial charge in [0.05, 0.1) is 11.7 Å². The van der Waals surface area contributed by atoms with Gasteiger partial charge >= 0.3 is 0 Å². The number of rotatable bonds is 2. The van der Waals surface area contributed by atoms with Gasteiger partial charge in [-0.15, -0.1) is 10.2 Å². The zero-order valence-corrected chi connectivity index (χ0v) is 11.1. The van der Waals surface area contributed by atoms with E-state index in [1.54, 1.807) is 6.33 Å². The Balaban J connectivity index is 1.72. The van der Waals surface area contributed by atoms with Crippen molar-refractivity contribution in [2.24, 2.45) is 0 Å². The lowest BCUT2D eigenvalue weighted by molar-refractivity contribution is 0.171. The molecule has 2 aliphatic rings. The normalized spacial score (nSPS) is 21.1. The van der Waals surface area contributed by atoms with Crippen LogP contribution in [0.4, 0.5) is 0 Å². The maximum Gasteiger partial charge on any atom is 0.163 e. The lowest BCUT2D eigenvalue weighted by Crippen LogP contribution is -2.18. The molecule has 2 aromatic rings. The van der Waals surface area contributed by atoms with Crippen LogP contribution in [0, 0.1) is 0 Å². The third kappa shape index (κ3) is 1.92. The predicted molar refractivity (Wildman–Crippen MR) is 72.3 cm³/mol. The second-order valence-electron chi connectivity index (χ2n) is 5.04. The zero-order valence-electron chi connectivity index (χ0n) is 11.1. The van der Waals surface area contributed by atoms with Gasteiger partial charge in [0, 0.05) is 6.07 Å². The maximum atomic E-state index is 5.63. The molecule has 0 radical (unpaired) electrons. The van der Waals surface area contributed by atoms with Crippen LogP contribution in [0.3, 0.4) is 0 Å². The van der Waals surface area contributed by atoms with Crippen molar-refractivity contribution in [1.29, 1.82) is 0 Å². The first-order chi connectivity index (χ1) is 9.92. The van der Waals surface area contributed by atoms with E-state index in [4.69, 9.17) is 9.47 Å². The summed E-state index contributed by atoms with van der Waals surface area (Å²) in [6.45, 7) is 2.24. The summed E-state index contributed by atoms with van der Waals surface area (Å²) in [5.74, 6) is 2.54. The van der Waals surface area contributed by atoms with Crippen molar-refractivity contribution in [3.05, 3.63) is 30.4 Å². The Bertz CT molecular complexity index is 619. The van der Waals surface area contributed by atoms with Gasteiger partial charge in [-0.2, -0.15) is 0 Å². The first-order valence-corrected chi connectivity index (χ1v) is 6.95. The van der Waals surface area contributed by atoms with Crippen LogP contribution in [-0.4, -0.2) is 34.5 Å². The van der Waals surface area contributed by atoms with Crippen molar-refractivity contribution in [3.8, 4) is 17.2 Å². The Hall–Kier alpha value is -2.08. The van der Waals surface area contributed by atoms with Gasteiger partial charge in [-0.05, 0) is 31.5 Å². The molecule has 0 amide bonds. The van der Waals surface area contributed by atoms with Gasteiger partial charge in [0.2, 0.25) is 0 Å². The fourth-order valence-corrected chi connectivity index (χ4v) is 2.77. The number of ether oxygens (including phenoxy) is 2. The maximum absolute atomic E-state index is 5.63. The Morgan fingerprint density at radius 2 is 2.10 bits per heavy atom. The fraction of sp³-hybridized carbons (Fsp3) is 0.429. The molecule has 0 bridgehead atoms. The summed E-state index contributed by atoms with van der Waals surface area (Å²) in [5.41, 5.74) is 1.00. The Morgan fingerprint density at radius 3 is 2.95 bits per heavy atom. The molecule has 3 heterocycles. The molecule has 1 aromatic heterocycles. The lowest BCUT2D eigenvalue weighted by Gasteiger charge is -2.19. The van der Waals surface area contributed by atoms with Gasteiger partial charge < -0.3 is 14.8 Å². The molecular formula is C14H16N4O2. The molecule has 0 saturated carbocycles. The molecule has 6 nitrogen and oxygen atoms in total. The highest BCUT2D eigenvalue weighted by Gasteiger charge is 2.22. The van der Waals surface area contributed by atoms with Crippen LogP contribution in [0.15, 0.2) is 24.5 Å². The van der Waals surface area contributed by atoms with Crippen LogP contribution >= 0.6 is 0 Å². The molecular weight excluding hydrogens is 256 g/mol. The minimum atomic E-state index is 0.283. The second-order valence-corrected chi connectivity index (χ2v) is 5.04. The lowest BCUT2D eigenvalue weighted by atomic mass is 10.2. The van der Waals surface area contributed by atoms with Gasteiger partial charge in [0.1, 0.15) is 19.5 Å². The monoisotopic (exact) mass is 272 g/mol. The Kier molecular flexibility index (Phi) is 2.81. The highest BCUT2D eigenvalue weighted by molar-refractivity contribution is 5.49. The third-order valence-electron chi connectivity index (χ3n) is 3.75. The molecule has 0 spiro atoms. The largest absolute Gasteiger partial charge is 0.486 e. The van der Waals surface area contributed by atoms with Crippen LogP contribution in [0.2, 0.25) is 0 Å². The number of fused-ring (bicyclic) bond motifs is 1. The number of nitrogens with one attached hydrogen (secondary N) is 1. The minimum Gasteiger partial charge on any atom is -0.486 e. The Labute approximate surface area is 116 Å². The molecule has 1 aromatic carbocycles. The van der Waals surface area contributed by atoms with E-state index in [1.165, 1.54) is 6.42 Å². The van der Waals surface area contributed by atoms with Crippen molar-refractivity contribution < 1.29 is 9.47 Å². The SMILES string of the molecule is c1cc2c(cc1-n1cnnc1C1CCCN1)OCCO2. The fourth-order valence-electron chi connectivity index (χ4n) is 2.77. The van der Waals surface area contributed by atoms with Crippen molar-refractivity contribution >= 4 is 0 Å². The summed E-state index contributed by atoms with van der Waals surface area (Å²) >= 11 is 0. The van der Waals surface area contributed by atoms with Gasteiger partial charge in [-0.1, -0.05) is 0 Å². The van der Waals surface area contributed by atoms with E-state index in [0.717, 1.165) is 36.0 Å². The Morgan fingerprint density at radius 1 is 1.20 bits per heavy atom. The minimum absolute atomic E-state index is 0.283. The van der Waals surface area contributed by atoms with Crippen LogP contribution in [0.25, 0.3) is 5.69 Å². The smallest absolute Gasteiger partial charge is 0.163 e. The quantitative estimate of drug-likeness (QED) is 0.897. The highest BCUT2D eigenvalue weighted by atomic mass is 16.6. The van der Waals surface area contributed by atoms with Gasteiger partial charge in [0.25, 0.3) is 0 Å². The standard InChI is InChI=1S/C14H16N4O2/c1-2-11(15-5-1)14-17-16-9-18(14)10-3-4-12-13(8-10)20-7-6-19-12/h3-4,8-9,11,15H,1-2,5-7H2. The second kappa shape index (κ2) is 4.79. The molecule has 1 fully saturated rings. The average molecular weight is 272 g/mol. The van der Waals surface area contributed by atoms with E-state index in [0.29, 0.717) is 13.2 Å². The van der Waals surface area contributed by atoms with Crippen molar-refractivity contribution in [3.63, 3.8) is 0 Å². The van der Waals surface area contributed by atoms with Crippen LogP contribution in [0.5, 0.6) is 11.5 Å². The van der Waals surface area contributed by atoms with Crippen LogP contribution < -0.4 is 14.8 Å². The number of aromatic nitrogens is 3. The predicted octanol–water partition coefficient (Wildman–Crippen LogP) is 1.46. The summed E-state index contributed by atoms with van der Waals surface area (Å²) in [6.07, 6.45) is 4.03. The highest BCUT2D eigenvalue weighted by Crippen LogP contribution is 2.33. The van der Waals surface area contributed by atoms with E-state index in [9.17, 15) is 0 Å². The summed E-state index contributed by atoms with van der Waals surface area (Å²) in [6, 6.07) is 6.21. The van der Waals surface area contributed by atoms with E-state index in [2.05, 4.69) is 15.5 Å². The van der Waals surface area contributed by atoms with Crippen molar-refractivity contribution in [1.82, 2.24) is 20.1 Å². The molecule has 20 heavy (non-hydrogen) atoms. The van der Waals surface area contributed by atoms with Crippen LogP contribution in [-0.2, 0) is 0 Å². The molecule has 1 N–H and O–H groups in total. The molecule has 2 aliphatic heterocycles. The molecule has 1 saturated heterocycles. The number of nitrogens with zero attached hydrogens (tertiary/aromatic N) is 3. The number of hydrogen-bond acceptors (Lipinski definition) is 5. The van der Waals surface area contributed by atoms with Crippen molar-refractivity contribution in [2.45, 2.75) is 18.9 Å².